The highest BCUT2D eigenvalue weighted by Gasteiger charge is 2.03. The summed E-state index contributed by atoms with van der Waals surface area (Å²) < 4.78 is 0. The first-order valence-corrected chi connectivity index (χ1v) is 7.53. The third kappa shape index (κ3) is 6.53. The standard InChI is InChI=1S/C17H21N5O.HI/c1-2-13-5-3-7-15(11-13)22-17(18)21-10-9-20-16(23)14-6-4-8-19-12-14;/h3-8,11-12H,2,9-10H2,1H3,(H,20,23)(H3,18,21,22);1H. The van der Waals surface area contributed by atoms with Gasteiger partial charge < -0.3 is 16.4 Å². The molecule has 0 radical (unpaired) electrons. The first-order chi connectivity index (χ1) is 11.2. The Balaban J connectivity index is 0.00000288. The van der Waals surface area contributed by atoms with Gasteiger partial charge in [-0.1, -0.05) is 19.1 Å². The zero-order valence-corrected chi connectivity index (χ0v) is 15.9. The highest BCUT2D eigenvalue weighted by molar-refractivity contribution is 14.0. The summed E-state index contributed by atoms with van der Waals surface area (Å²) in [6, 6.07) is 11.4. The maximum atomic E-state index is 11.8. The highest BCUT2D eigenvalue weighted by atomic mass is 127. The van der Waals surface area contributed by atoms with E-state index in [1.807, 2.05) is 18.2 Å². The lowest BCUT2D eigenvalue weighted by Crippen LogP contribution is -2.28. The minimum absolute atomic E-state index is 0. The number of pyridine rings is 1. The molecule has 2 aromatic rings. The summed E-state index contributed by atoms with van der Waals surface area (Å²) in [5, 5.41) is 5.81. The second-order valence-corrected chi connectivity index (χ2v) is 4.94. The van der Waals surface area contributed by atoms with E-state index in [1.165, 1.54) is 11.8 Å². The first kappa shape index (κ1) is 19.9. The Bertz CT molecular complexity index is 676. The van der Waals surface area contributed by atoms with Crippen LogP contribution in [0.25, 0.3) is 0 Å². The number of aromatic nitrogens is 1. The third-order valence-corrected chi connectivity index (χ3v) is 3.21. The molecule has 128 valence electrons. The van der Waals surface area contributed by atoms with Gasteiger partial charge in [-0.15, -0.1) is 24.0 Å². The number of aliphatic imine (C=N–C) groups is 1. The van der Waals surface area contributed by atoms with E-state index in [4.69, 9.17) is 5.73 Å². The Morgan fingerprint density at radius 3 is 2.83 bits per heavy atom. The maximum Gasteiger partial charge on any atom is 0.252 e. The van der Waals surface area contributed by atoms with E-state index in [0.29, 0.717) is 24.6 Å². The Hall–Kier alpha value is -2.16. The van der Waals surface area contributed by atoms with Crippen LogP contribution >= 0.6 is 24.0 Å². The quantitative estimate of drug-likeness (QED) is 0.279. The summed E-state index contributed by atoms with van der Waals surface area (Å²) in [5.74, 6) is 0.157. The normalized spacial score (nSPS) is 10.6. The molecule has 0 fully saturated rings. The zero-order valence-electron chi connectivity index (χ0n) is 13.5. The van der Waals surface area contributed by atoms with Gasteiger partial charge in [-0.3, -0.25) is 14.8 Å². The van der Waals surface area contributed by atoms with E-state index < -0.39 is 0 Å². The van der Waals surface area contributed by atoms with Crippen LogP contribution in [0.1, 0.15) is 22.8 Å². The number of aryl methyl sites for hydroxylation is 1. The van der Waals surface area contributed by atoms with Gasteiger partial charge in [0.25, 0.3) is 5.91 Å². The molecule has 0 aliphatic carbocycles. The van der Waals surface area contributed by atoms with Gasteiger partial charge in [0.15, 0.2) is 5.96 Å². The molecule has 1 aromatic heterocycles. The number of hydrogen-bond donors (Lipinski definition) is 3. The summed E-state index contributed by atoms with van der Waals surface area (Å²) in [6.45, 7) is 2.91. The minimum Gasteiger partial charge on any atom is -0.370 e. The van der Waals surface area contributed by atoms with E-state index in [-0.39, 0.29) is 29.9 Å². The molecule has 0 atom stereocenters. The van der Waals surface area contributed by atoms with Crippen molar-refractivity contribution in [1.29, 1.82) is 0 Å². The zero-order chi connectivity index (χ0) is 16.5. The van der Waals surface area contributed by atoms with Crippen molar-refractivity contribution >= 4 is 41.5 Å². The molecule has 1 aromatic carbocycles. The smallest absolute Gasteiger partial charge is 0.252 e. The third-order valence-electron chi connectivity index (χ3n) is 3.21. The number of amides is 1. The summed E-state index contributed by atoms with van der Waals surface area (Å²) >= 11 is 0. The second kappa shape index (κ2) is 10.6. The van der Waals surface area contributed by atoms with Gasteiger partial charge in [-0.05, 0) is 36.2 Å². The highest BCUT2D eigenvalue weighted by Crippen LogP contribution is 2.10. The number of nitrogens with zero attached hydrogens (tertiary/aromatic N) is 2. The number of carbonyl (C=O) groups excluding carboxylic acids is 1. The van der Waals surface area contributed by atoms with Crippen LogP contribution in [0, 0.1) is 0 Å². The molecule has 0 saturated heterocycles. The number of hydrogen-bond acceptors (Lipinski definition) is 3. The van der Waals surface area contributed by atoms with Gasteiger partial charge in [0, 0.05) is 24.6 Å². The van der Waals surface area contributed by atoms with Crippen molar-refractivity contribution in [2.75, 3.05) is 18.4 Å². The molecule has 0 unspecified atom stereocenters. The molecule has 1 amide bonds. The molecule has 0 spiro atoms. The van der Waals surface area contributed by atoms with E-state index in [0.717, 1.165) is 12.1 Å². The molecule has 24 heavy (non-hydrogen) atoms. The lowest BCUT2D eigenvalue weighted by atomic mass is 10.1. The van der Waals surface area contributed by atoms with E-state index in [9.17, 15) is 4.79 Å². The summed E-state index contributed by atoms with van der Waals surface area (Å²) in [6.07, 6.45) is 4.11. The van der Waals surface area contributed by atoms with Crippen LogP contribution in [0.2, 0.25) is 0 Å². The largest absolute Gasteiger partial charge is 0.370 e. The van der Waals surface area contributed by atoms with Crippen molar-refractivity contribution in [3.8, 4) is 0 Å². The maximum absolute atomic E-state index is 11.8. The Morgan fingerprint density at radius 2 is 2.12 bits per heavy atom. The molecule has 0 saturated carbocycles. The number of rotatable bonds is 6. The molecular weight excluding hydrogens is 417 g/mol. The molecule has 2 rings (SSSR count). The number of anilines is 1. The van der Waals surface area contributed by atoms with Gasteiger partial charge in [0.1, 0.15) is 0 Å². The number of nitrogens with two attached hydrogens (primary N) is 1. The molecule has 6 nitrogen and oxygen atoms in total. The average molecular weight is 439 g/mol. The van der Waals surface area contributed by atoms with E-state index in [1.54, 1.807) is 18.3 Å². The summed E-state index contributed by atoms with van der Waals surface area (Å²) in [5.41, 5.74) is 8.50. The summed E-state index contributed by atoms with van der Waals surface area (Å²) in [4.78, 5) is 19.9. The fraction of sp³-hybridized carbons (Fsp3) is 0.235. The van der Waals surface area contributed by atoms with Crippen molar-refractivity contribution in [2.45, 2.75) is 13.3 Å². The molecule has 1 heterocycles. The fourth-order valence-electron chi connectivity index (χ4n) is 2.00. The lowest BCUT2D eigenvalue weighted by Gasteiger charge is -2.07. The van der Waals surface area contributed by atoms with Crippen molar-refractivity contribution in [3.05, 3.63) is 59.9 Å². The molecule has 0 aliphatic rings. The molecule has 4 N–H and O–H groups in total. The minimum atomic E-state index is -0.171. The van der Waals surface area contributed by atoms with Gasteiger partial charge in [0.2, 0.25) is 0 Å². The van der Waals surface area contributed by atoms with Crippen LogP contribution in [0.5, 0.6) is 0 Å². The average Bonchev–Trinajstić information content (AvgIpc) is 2.59. The molecule has 0 aliphatic heterocycles. The molecular formula is C17H22IN5O. The van der Waals surface area contributed by atoms with Crippen LogP contribution < -0.4 is 16.4 Å². The van der Waals surface area contributed by atoms with Crippen molar-refractivity contribution < 1.29 is 4.79 Å². The van der Waals surface area contributed by atoms with E-state index in [2.05, 4.69) is 33.6 Å². The number of nitrogens with one attached hydrogen (secondary N) is 2. The predicted octanol–water partition coefficient (Wildman–Crippen LogP) is 2.42. The number of benzene rings is 1. The van der Waals surface area contributed by atoms with Gasteiger partial charge in [0.05, 0.1) is 12.1 Å². The van der Waals surface area contributed by atoms with Gasteiger partial charge in [-0.2, -0.15) is 0 Å². The van der Waals surface area contributed by atoms with Crippen LogP contribution in [-0.4, -0.2) is 29.9 Å². The SMILES string of the molecule is CCc1cccc(NC(N)=NCCNC(=O)c2cccnc2)c1.I. The van der Waals surface area contributed by atoms with Crippen LogP contribution in [0.4, 0.5) is 5.69 Å². The number of carbonyl (C=O) groups is 1. The summed E-state index contributed by atoms with van der Waals surface area (Å²) in [7, 11) is 0. The Kier molecular flexibility index (Phi) is 8.77. The Labute approximate surface area is 159 Å². The van der Waals surface area contributed by atoms with Crippen molar-refractivity contribution in [2.24, 2.45) is 10.7 Å². The van der Waals surface area contributed by atoms with E-state index >= 15 is 0 Å². The fourth-order valence-corrected chi connectivity index (χ4v) is 2.00. The topological polar surface area (TPSA) is 92.4 Å². The second-order valence-electron chi connectivity index (χ2n) is 4.94. The molecule has 0 bridgehead atoms. The van der Waals surface area contributed by atoms with Gasteiger partial charge in [-0.25, -0.2) is 0 Å². The number of halogens is 1. The van der Waals surface area contributed by atoms with Gasteiger partial charge >= 0.3 is 0 Å². The monoisotopic (exact) mass is 439 g/mol. The Morgan fingerprint density at radius 1 is 1.29 bits per heavy atom. The van der Waals surface area contributed by atoms with Crippen LogP contribution in [-0.2, 0) is 6.42 Å². The first-order valence-electron chi connectivity index (χ1n) is 7.53. The number of guanidine groups is 1. The van der Waals surface area contributed by atoms with Crippen LogP contribution in [0.3, 0.4) is 0 Å². The lowest BCUT2D eigenvalue weighted by molar-refractivity contribution is 0.0954. The van der Waals surface area contributed by atoms with Crippen LogP contribution in [0.15, 0.2) is 53.8 Å². The van der Waals surface area contributed by atoms with Crippen molar-refractivity contribution in [3.63, 3.8) is 0 Å². The van der Waals surface area contributed by atoms with Crippen molar-refractivity contribution in [1.82, 2.24) is 10.3 Å². The predicted molar refractivity (Wildman–Crippen MR) is 108 cm³/mol. The molecule has 7 heteroatoms.